The van der Waals surface area contributed by atoms with Gasteiger partial charge in [-0.2, -0.15) is 0 Å². The summed E-state index contributed by atoms with van der Waals surface area (Å²) in [5, 5.41) is 2.96. The molecule has 4 rings (SSSR count). The number of rotatable bonds is 5. The summed E-state index contributed by atoms with van der Waals surface area (Å²) in [6.07, 6.45) is 0.550. The third kappa shape index (κ3) is 3.55. The lowest BCUT2D eigenvalue weighted by molar-refractivity contribution is -0.139. The number of likely N-dealkylation sites (tertiary alicyclic amines) is 1. The Hall–Kier alpha value is -3.35. The number of hydrogen-bond donors (Lipinski definition) is 1. The Labute approximate surface area is 162 Å². The van der Waals surface area contributed by atoms with Crippen LogP contribution in [-0.2, 0) is 16.1 Å². The minimum Gasteiger partial charge on any atom is -0.454 e. The second kappa shape index (κ2) is 7.34. The van der Waals surface area contributed by atoms with Crippen LogP contribution in [0.15, 0.2) is 42.5 Å². The van der Waals surface area contributed by atoms with Crippen molar-refractivity contribution in [1.82, 2.24) is 10.2 Å². The molecule has 2 aromatic rings. The third-order valence-electron chi connectivity index (χ3n) is 4.96. The Morgan fingerprint density at radius 1 is 1.04 bits per heavy atom. The van der Waals surface area contributed by atoms with Crippen molar-refractivity contribution in [1.29, 1.82) is 0 Å². The Kier molecular flexibility index (Phi) is 4.73. The molecular weight excluding hydrogens is 360 g/mol. The first-order valence-electron chi connectivity index (χ1n) is 9.14. The molecule has 0 radical (unpaired) electrons. The standard InChI is InChI=1S/C21H20N2O5/c1-13(16-6-7-17-18(10-16)28-12-27-17)22-21(26)15-4-2-14(3-5-15)11-23-19(24)8-9-20(23)25/h2-7,10,13H,8-9,11-12H2,1H3,(H,22,26)/t13-/m0/s1. The predicted molar refractivity (Wildman–Crippen MR) is 99.7 cm³/mol. The molecule has 1 fully saturated rings. The van der Waals surface area contributed by atoms with Crippen LogP contribution in [-0.4, -0.2) is 29.4 Å². The molecule has 7 heteroatoms. The van der Waals surface area contributed by atoms with Crippen molar-refractivity contribution >= 4 is 17.7 Å². The maximum atomic E-state index is 12.5. The summed E-state index contributed by atoms with van der Waals surface area (Å²) in [5.41, 5.74) is 2.24. The third-order valence-corrected chi connectivity index (χ3v) is 4.96. The van der Waals surface area contributed by atoms with Gasteiger partial charge in [0, 0.05) is 18.4 Å². The van der Waals surface area contributed by atoms with Crippen molar-refractivity contribution in [3.05, 3.63) is 59.2 Å². The van der Waals surface area contributed by atoms with Gasteiger partial charge in [0.1, 0.15) is 0 Å². The second-order valence-electron chi connectivity index (χ2n) is 6.88. The normalized spacial score (nSPS) is 16.4. The number of ether oxygens (including phenoxy) is 2. The fourth-order valence-electron chi connectivity index (χ4n) is 3.29. The summed E-state index contributed by atoms with van der Waals surface area (Å²) in [5.74, 6) is 0.876. The monoisotopic (exact) mass is 380 g/mol. The molecule has 2 heterocycles. The van der Waals surface area contributed by atoms with Crippen LogP contribution in [0, 0.1) is 0 Å². The van der Waals surface area contributed by atoms with E-state index in [4.69, 9.17) is 9.47 Å². The molecule has 144 valence electrons. The van der Waals surface area contributed by atoms with Crippen molar-refractivity contribution in [2.75, 3.05) is 6.79 Å². The number of benzene rings is 2. The molecule has 0 aromatic heterocycles. The SMILES string of the molecule is C[C@H](NC(=O)c1ccc(CN2C(=O)CCC2=O)cc1)c1ccc2c(c1)OCO2. The van der Waals surface area contributed by atoms with Crippen molar-refractivity contribution in [3.8, 4) is 11.5 Å². The van der Waals surface area contributed by atoms with Gasteiger partial charge in [-0.1, -0.05) is 18.2 Å². The minimum atomic E-state index is -0.207. The van der Waals surface area contributed by atoms with Crippen molar-refractivity contribution in [2.24, 2.45) is 0 Å². The number of amides is 3. The van der Waals surface area contributed by atoms with Crippen molar-refractivity contribution < 1.29 is 23.9 Å². The smallest absolute Gasteiger partial charge is 0.251 e. The van der Waals surface area contributed by atoms with E-state index in [9.17, 15) is 14.4 Å². The van der Waals surface area contributed by atoms with Crippen molar-refractivity contribution in [3.63, 3.8) is 0 Å². The molecule has 0 spiro atoms. The van der Waals surface area contributed by atoms with Crippen LogP contribution in [0.25, 0.3) is 0 Å². The minimum absolute atomic E-state index is 0.149. The topological polar surface area (TPSA) is 84.9 Å². The van der Waals surface area contributed by atoms with E-state index in [0.29, 0.717) is 17.1 Å². The largest absolute Gasteiger partial charge is 0.454 e. The van der Waals surface area contributed by atoms with E-state index in [1.54, 1.807) is 24.3 Å². The van der Waals surface area contributed by atoms with E-state index < -0.39 is 0 Å². The summed E-state index contributed by atoms with van der Waals surface area (Å²) in [6.45, 7) is 2.35. The second-order valence-corrected chi connectivity index (χ2v) is 6.88. The van der Waals surface area contributed by atoms with Crippen LogP contribution < -0.4 is 14.8 Å². The summed E-state index contributed by atoms with van der Waals surface area (Å²) >= 11 is 0. The van der Waals surface area contributed by atoms with Gasteiger partial charge in [0.05, 0.1) is 12.6 Å². The number of imide groups is 1. The molecule has 3 amide bonds. The molecule has 28 heavy (non-hydrogen) atoms. The first kappa shape index (κ1) is 18.0. The van der Waals surface area contributed by atoms with Crippen LogP contribution in [0.5, 0.6) is 11.5 Å². The van der Waals surface area contributed by atoms with Crippen LogP contribution in [0.3, 0.4) is 0 Å². The van der Waals surface area contributed by atoms with E-state index in [1.807, 2.05) is 25.1 Å². The summed E-state index contributed by atoms with van der Waals surface area (Å²) in [4.78, 5) is 37.2. The fraction of sp³-hybridized carbons (Fsp3) is 0.286. The molecular formula is C21H20N2O5. The lowest BCUT2D eigenvalue weighted by Crippen LogP contribution is -2.28. The average molecular weight is 380 g/mol. The van der Waals surface area contributed by atoms with Gasteiger partial charge >= 0.3 is 0 Å². The van der Waals surface area contributed by atoms with E-state index in [0.717, 1.165) is 11.1 Å². The highest BCUT2D eigenvalue weighted by Crippen LogP contribution is 2.34. The molecule has 2 aliphatic rings. The van der Waals surface area contributed by atoms with Gasteiger partial charge in [-0.25, -0.2) is 0 Å². The first-order valence-corrected chi connectivity index (χ1v) is 9.14. The highest BCUT2D eigenvalue weighted by atomic mass is 16.7. The number of fused-ring (bicyclic) bond motifs is 1. The fourth-order valence-corrected chi connectivity index (χ4v) is 3.29. The van der Waals surface area contributed by atoms with Crippen LogP contribution >= 0.6 is 0 Å². The van der Waals surface area contributed by atoms with E-state index >= 15 is 0 Å². The summed E-state index contributed by atoms with van der Waals surface area (Å²) in [7, 11) is 0. The molecule has 1 N–H and O–H groups in total. The molecule has 0 saturated carbocycles. The lowest BCUT2D eigenvalue weighted by Gasteiger charge is -2.16. The maximum absolute atomic E-state index is 12.5. The highest BCUT2D eigenvalue weighted by Gasteiger charge is 2.28. The molecule has 0 bridgehead atoms. The van der Waals surface area contributed by atoms with Gasteiger partial charge in [0.15, 0.2) is 11.5 Å². The average Bonchev–Trinajstić information content (AvgIpc) is 3.29. The Bertz CT molecular complexity index is 922. The zero-order valence-corrected chi connectivity index (χ0v) is 15.4. The van der Waals surface area contributed by atoms with E-state index in [1.165, 1.54) is 4.90 Å². The van der Waals surface area contributed by atoms with Gasteiger partial charge in [-0.05, 0) is 42.3 Å². The van der Waals surface area contributed by atoms with E-state index in [2.05, 4.69) is 5.32 Å². The quantitative estimate of drug-likeness (QED) is 0.806. The van der Waals surface area contributed by atoms with Gasteiger partial charge < -0.3 is 14.8 Å². The lowest BCUT2D eigenvalue weighted by atomic mass is 10.1. The molecule has 0 aliphatic carbocycles. The Morgan fingerprint density at radius 2 is 1.71 bits per heavy atom. The molecule has 2 aliphatic heterocycles. The van der Waals surface area contributed by atoms with Gasteiger partial charge in [0.25, 0.3) is 5.91 Å². The number of carbonyl (C=O) groups excluding carboxylic acids is 3. The summed E-state index contributed by atoms with van der Waals surface area (Å²) in [6, 6.07) is 12.3. The maximum Gasteiger partial charge on any atom is 0.251 e. The molecule has 0 unspecified atom stereocenters. The highest BCUT2D eigenvalue weighted by molar-refractivity contribution is 6.01. The Morgan fingerprint density at radius 3 is 2.43 bits per heavy atom. The molecule has 1 atom stereocenters. The number of carbonyl (C=O) groups is 3. The molecule has 7 nitrogen and oxygen atoms in total. The summed E-state index contributed by atoms with van der Waals surface area (Å²) < 4.78 is 10.7. The molecule has 2 aromatic carbocycles. The first-order chi connectivity index (χ1) is 13.5. The van der Waals surface area contributed by atoms with Crippen LogP contribution in [0.4, 0.5) is 0 Å². The number of nitrogens with one attached hydrogen (secondary N) is 1. The van der Waals surface area contributed by atoms with Crippen LogP contribution in [0.2, 0.25) is 0 Å². The zero-order chi connectivity index (χ0) is 19.7. The van der Waals surface area contributed by atoms with Crippen molar-refractivity contribution in [2.45, 2.75) is 32.4 Å². The van der Waals surface area contributed by atoms with Gasteiger partial charge in [-0.15, -0.1) is 0 Å². The molecule has 1 saturated heterocycles. The van der Waals surface area contributed by atoms with Crippen LogP contribution in [0.1, 0.15) is 47.3 Å². The Balaban J connectivity index is 1.39. The van der Waals surface area contributed by atoms with E-state index in [-0.39, 0.29) is 49.9 Å². The van der Waals surface area contributed by atoms with Gasteiger partial charge in [0.2, 0.25) is 18.6 Å². The zero-order valence-electron chi connectivity index (χ0n) is 15.4. The number of nitrogens with zero attached hydrogens (tertiary/aromatic N) is 1. The van der Waals surface area contributed by atoms with Gasteiger partial charge in [-0.3, -0.25) is 19.3 Å². The predicted octanol–water partition coefficient (Wildman–Crippen LogP) is 2.56. The number of hydrogen-bond acceptors (Lipinski definition) is 5.